The van der Waals surface area contributed by atoms with E-state index in [-0.39, 0.29) is 30.0 Å². The molecule has 1 saturated heterocycles. The topological polar surface area (TPSA) is 104 Å². The van der Waals surface area contributed by atoms with Crippen LogP contribution in [0.4, 0.5) is 4.79 Å². The standard InChI is InChI=1S/C12H22N2O5S/c1-8(2)10(11(15)16)6-13-12(17)14(3)9-4-5-20(18,19)7-9/h8-10H,4-7H2,1-3H3,(H,13,17)(H,15,16). The molecule has 20 heavy (non-hydrogen) atoms. The van der Waals surface area contributed by atoms with E-state index in [0.29, 0.717) is 6.42 Å². The molecule has 1 aliphatic heterocycles. The number of nitrogens with zero attached hydrogens (tertiary/aromatic N) is 1. The highest BCUT2D eigenvalue weighted by molar-refractivity contribution is 7.91. The quantitative estimate of drug-likeness (QED) is 0.753. The Morgan fingerprint density at radius 2 is 2.00 bits per heavy atom. The van der Waals surface area contributed by atoms with E-state index in [9.17, 15) is 18.0 Å². The van der Waals surface area contributed by atoms with Crippen molar-refractivity contribution in [1.82, 2.24) is 10.2 Å². The molecule has 2 unspecified atom stereocenters. The summed E-state index contributed by atoms with van der Waals surface area (Å²) in [6.07, 6.45) is 0.429. The zero-order valence-corrected chi connectivity index (χ0v) is 12.8. The third-order valence-corrected chi connectivity index (χ3v) is 5.42. The molecule has 2 N–H and O–H groups in total. The summed E-state index contributed by atoms with van der Waals surface area (Å²) in [5.74, 6) is -1.63. The lowest BCUT2D eigenvalue weighted by Crippen LogP contribution is -2.46. The van der Waals surface area contributed by atoms with Crippen molar-refractivity contribution in [2.24, 2.45) is 11.8 Å². The van der Waals surface area contributed by atoms with Gasteiger partial charge in [0.25, 0.3) is 0 Å². The molecule has 116 valence electrons. The number of urea groups is 1. The molecule has 0 bridgehead atoms. The molecule has 0 saturated carbocycles. The summed E-state index contributed by atoms with van der Waals surface area (Å²) in [4.78, 5) is 24.3. The lowest BCUT2D eigenvalue weighted by atomic mass is 9.96. The van der Waals surface area contributed by atoms with Crippen LogP contribution in [0.5, 0.6) is 0 Å². The minimum absolute atomic E-state index is 0.0243. The maximum absolute atomic E-state index is 11.9. The molecule has 1 heterocycles. The summed E-state index contributed by atoms with van der Waals surface area (Å²) >= 11 is 0. The zero-order valence-electron chi connectivity index (χ0n) is 12.0. The van der Waals surface area contributed by atoms with Gasteiger partial charge < -0.3 is 15.3 Å². The molecule has 0 aromatic rings. The van der Waals surface area contributed by atoms with E-state index in [4.69, 9.17) is 5.11 Å². The van der Waals surface area contributed by atoms with Crippen LogP contribution in [0, 0.1) is 11.8 Å². The van der Waals surface area contributed by atoms with E-state index < -0.39 is 27.8 Å². The van der Waals surface area contributed by atoms with Gasteiger partial charge in [-0.25, -0.2) is 13.2 Å². The molecule has 8 heteroatoms. The number of carboxylic acids is 1. The molecule has 2 amide bonds. The first-order chi connectivity index (χ1) is 9.14. The van der Waals surface area contributed by atoms with Gasteiger partial charge >= 0.3 is 12.0 Å². The first-order valence-electron chi connectivity index (χ1n) is 6.58. The molecule has 1 rings (SSSR count). The van der Waals surface area contributed by atoms with Crippen molar-refractivity contribution in [1.29, 1.82) is 0 Å². The second-order valence-corrected chi connectivity index (χ2v) is 7.77. The van der Waals surface area contributed by atoms with E-state index in [2.05, 4.69) is 5.32 Å². The van der Waals surface area contributed by atoms with Crippen molar-refractivity contribution >= 4 is 21.8 Å². The van der Waals surface area contributed by atoms with Crippen LogP contribution in [0.3, 0.4) is 0 Å². The van der Waals surface area contributed by atoms with Crippen molar-refractivity contribution < 1.29 is 23.1 Å². The Labute approximate surface area is 119 Å². The van der Waals surface area contributed by atoms with Crippen molar-refractivity contribution in [2.75, 3.05) is 25.1 Å². The number of amides is 2. The van der Waals surface area contributed by atoms with Crippen LogP contribution in [0.1, 0.15) is 20.3 Å². The second kappa shape index (κ2) is 6.43. The molecule has 0 radical (unpaired) electrons. The fraction of sp³-hybridized carbons (Fsp3) is 0.833. The molecule has 0 aromatic carbocycles. The first-order valence-corrected chi connectivity index (χ1v) is 8.40. The third-order valence-electron chi connectivity index (χ3n) is 3.67. The second-order valence-electron chi connectivity index (χ2n) is 5.54. The number of rotatable bonds is 5. The maximum atomic E-state index is 11.9. The Balaban J connectivity index is 2.52. The molecule has 0 aliphatic carbocycles. The summed E-state index contributed by atoms with van der Waals surface area (Å²) < 4.78 is 22.8. The van der Waals surface area contributed by atoms with Gasteiger partial charge in [0.1, 0.15) is 0 Å². The molecular formula is C12H22N2O5S. The number of carbonyl (C=O) groups is 2. The molecular weight excluding hydrogens is 284 g/mol. The van der Waals surface area contributed by atoms with Gasteiger partial charge in [-0.2, -0.15) is 0 Å². The van der Waals surface area contributed by atoms with Gasteiger partial charge in [-0.3, -0.25) is 4.79 Å². The van der Waals surface area contributed by atoms with Crippen LogP contribution < -0.4 is 5.32 Å². The van der Waals surface area contributed by atoms with Crippen molar-refractivity contribution in [2.45, 2.75) is 26.3 Å². The number of carboxylic acid groups (broad SMARTS) is 1. The SMILES string of the molecule is CC(C)C(CNC(=O)N(C)C1CCS(=O)(=O)C1)C(=O)O. The summed E-state index contributed by atoms with van der Waals surface area (Å²) in [5.41, 5.74) is 0. The van der Waals surface area contributed by atoms with Crippen LogP contribution in [0.15, 0.2) is 0 Å². The Hall–Kier alpha value is -1.31. The molecule has 1 aliphatic rings. The third kappa shape index (κ3) is 4.36. The smallest absolute Gasteiger partial charge is 0.317 e. The molecule has 0 aromatic heterocycles. The number of nitrogens with one attached hydrogen (secondary N) is 1. The maximum Gasteiger partial charge on any atom is 0.317 e. The number of carbonyl (C=O) groups excluding carboxylic acids is 1. The average molecular weight is 306 g/mol. The van der Waals surface area contributed by atoms with Gasteiger partial charge in [-0.1, -0.05) is 13.8 Å². The predicted octanol–water partition coefficient (Wildman–Crippen LogP) is 0.172. The highest BCUT2D eigenvalue weighted by atomic mass is 32.2. The summed E-state index contributed by atoms with van der Waals surface area (Å²) in [6, 6.07) is -0.763. The average Bonchev–Trinajstić information content (AvgIpc) is 2.67. The predicted molar refractivity (Wildman–Crippen MR) is 74.2 cm³/mol. The summed E-state index contributed by atoms with van der Waals surface area (Å²) in [6.45, 7) is 3.59. The van der Waals surface area contributed by atoms with Crippen molar-refractivity contribution in [3.63, 3.8) is 0 Å². The van der Waals surface area contributed by atoms with E-state index in [1.54, 1.807) is 13.8 Å². The normalized spacial score (nSPS) is 22.5. The largest absolute Gasteiger partial charge is 0.481 e. The van der Waals surface area contributed by atoms with Gasteiger partial charge in [-0.05, 0) is 12.3 Å². The molecule has 0 spiro atoms. The van der Waals surface area contributed by atoms with Gasteiger partial charge in [-0.15, -0.1) is 0 Å². The van der Waals surface area contributed by atoms with E-state index in [1.807, 2.05) is 0 Å². The first kappa shape index (κ1) is 16.7. The van der Waals surface area contributed by atoms with E-state index in [0.717, 1.165) is 0 Å². The fourth-order valence-electron chi connectivity index (χ4n) is 2.18. The molecule has 1 fully saturated rings. The minimum atomic E-state index is -3.05. The summed E-state index contributed by atoms with van der Waals surface area (Å²) in [5, 5.41) is 11.6. The van der Waals surface area contributed by atoms with Gasteiger partial charge in [0.15, 0.2) is 9.84 Å². The molecule has 7 nitrogen and oxygen atoms in total. The fourth-order valence-corrected chi connectivity index (χ4v) is 3.95. The van der Waals surface area contributed by atoms with Gasteiger partial charge in [0.05, 0.1) is 17.4 Å². The lowest BCUT2D eigenvalue weighted by Gasteiger charge is -2.25. The van der Waals surface area contributed by atoms with E-state index >= 15 is 0 Å². The monoisotopic (exact) mass is 306 g/mol. The number of sulfone groups is 1. The Kier molecular flexibility index (Phi) is 5.38. The van der Waals surface area contributed by atoms with Crippen LogP contribution in [-0.2, 0) is 14.6 Å². The molecule has 2 atom stereocenters. The number of hydrogen-bond acceptors (Lipinski definition) is 4. The van der Waals surface area contributed by atoms with E-state index in [1.165, 1.54) is 11.9 Å². The Bertz CT molecular complexity index is 474. The highest BCUT2D eigenvalue weighted by Gasteiger charge is 2.33. The number of aliphatic carboxylic acids is 1. The van der Waals surface area contributed by atoms with Crippen molar-refractivity contribution in [3.8, 4) is 0 Å². The van der Waals surface area contributed by atoms with Gasteiger partial charge in [0.2, 0.25) is 0 Å². The Morgan fingerprint density at radius 3 is 2.40 bits per heavy atom. The van der Waals surface area contributed by atoms with Gasteiger partial charge in [0, 0.05) is 19.6 Å². The zero-order chi connectivity index (χ0) is 15.5. The summed E-state index contributed by atoms with van der Waals surface area (Å²) in [7, 11) is -1.51. The van der Waals surface area contributed by atoms with Crippen LogP contribution in [-0.4, -0.2) is 61.6 Å². The number of hydrogen-bond donors (Lipinski definition) is 2. The van der Waals surface area contributed by atoms with Crippen molar-refractivity contribution in [3.05, 3.63) is 0 Å². The van der Waals surface area contributed by atoms with Crippen LogP contribution in [0.25, 0.3) is 0 Å². The lowest BCUT2D eigenvalue weighted by molar-refractivity contribution is -0.142. The minimum Gasteiger partial charge on any atom is -0.481 e. The van der Waals surface area contributed by atoms with Crippen LogP contribution >= 0.6 is 0 Å². The highest BCUT2D eigenvalue weighted by Crippen LogP contribution is 2.16. The van der Waals surface area contributed by atoms with Crippen LogP contribution in [0.2, 0.25) is 0 Å². The Morgan fingerprint density at radius 1 is 1.40 bits per heavy atom.